The minimum absolute atomic E-state index is 0.594. The molecule has 114 valence electrons. The average Bonchev–Trinajstić information content (AvgIpc) is 3.34. The first-order chi connectivity index (χ1) is 10.3. The van der Waals surface area contributed by atoms with Crippen LogP contribution < -0.4 is 10.6 Å². The van der Waals surface area contributed by atoms with Crippen LogP contribution in [0.4, 0.5) is 0 Å². The van der Waals surface area contributed by atoms with Crippen molar-refractivity contribution in [3.8, 4) is 0 Å². The van der Waals surface area contributed by atoms with Crippen molar-refractivity contribution in [2.75, 3.05) is 26.7 Å². The summed E-state index contributed by atoms with van der Waals surface area (Å²) in [5, 5.41) is 6.85. The lowest BCUT2D eigenvalue weighted by molar-refractivity contribution is 0.210. The van der Waals surface area contributed by atoms with Gasteiger partial charge in [-0.25, -0.2) is 0 Å². The van der Waals surface area contributed by atoms with Crippen molar-refractivity contribution in [2.45, 2.75) is 31.8 Å². The third kappa shape index (κ3) is 4.21. The number of guanidine groups is 1. The molecule has 2 N–H and O–H groups in total. The molecule has 1 aliphatic heterocycles. The maximum Gasteiger partial charge on any atom is 0.191 e. The van der Waals surface area contributed by atoms with Gasteiger partial charge >= 0.3 is 0 Å². The van der Waals surface area contributed by atoms with Gasteiger partial charge in [0.2, 0.25) is 0 Å². The Bertz CT molecular complexity index is 467. The Balaban J connectivity index is 1.55. The Kier molecular flexibility index (Phi) is 4.76. The van der Waals surface area contributed by atoms with E-state index in [4.69, 9.17) is 0 Å². The Morgan fingerprint density at radius 3 is 2.81 bits per heavy atom. The van der Waals surface area contributed by atoms with Gasteiger partial charge in [-0.2, -0.15) is 0 Å². The van der Waals surface area contributed by atoms with Crippen LogP contribution in [-0.2, 0) is 6.54 Å². The van der Waals surface area contributed by atoms with Gasteiger partial charge in [-0.3, -0.25) is 9.89 Å². The van der Waals surface area contributed by atoms with Gasteiger partial charge in [0.15, 0.2) is 5.96 Å². The van der Waals surface area contributed by atoms with Crippen LogP contribution in [0.3, 0.4) is 0 Å². The standard InChI is InChI=1S/C17H26N4/c1-21(13-14-6-3-2-4-7-14)16(15-8-9-15)12-20-17-18-10-5-11-19-17/h2-4,6-7,15-16H,5,8-13H2,1H3,(H2,18,19,20). The summed E-state index contributed by atoms with van der Waals surface area (Å²) < 4.78 is 0. The Morgan fingerprint density at radius 2 is 2.14 bits per heavy atom. The Labute approximate surface area is 127 Å². The van der Waals surface area contributed by atoms with Crippen LogP contribution in [0, 0.1) is 5.92 Å². The van der Waals surface area contributed by atoms with Crippen LogP contribution >= 0.6 is 0 Å². The van der Waals surface area contributed by atoms with Crippen LogP contribution in [-0.4, -0.2) is 43.6 Å². The average molecular weight is 286 g/mol. The lowest BCUT2D eigenvalue weighted by Crippen LogP contribution is -2.48. The molecule has 3 rings (SSSR count). The summed E-state index contributed by atoms with van der Waals surface area (Å²) in [7, 11) is 2.24. The first-order valence-corrected chi connectivity index (χ1v) is 8.09. The quantitative estimate of drug-likeness (QED) is 0.838. The molecule has 1 aromatic rings. The number of benzene rings is 1. The SMILES string of the molecule is CN(Cc1ccccc1)C(CNC1=NCCCN1)C1CC1. The monoisotopic (exact) mass is 286 g/mol. The van der Waals surface area contributed by atoms with E-state index >= 15 is 0 Å². The van der Waals surface area contributed by atoms with Gasteiger partial charge in [-0.1, -0.05) is 30.3 Å². The van der Waals surface area contributed by atoms with Gasteiger partial charge in [-0.15, -0.1) is 0 Å². The molecule has 0 bridgehead atoms. The summed E-state index contributed by atoms with van der Waals surface area (Å²) in [5.74, 6) is 1.83. The zero-order valence-electron chi connectivity index (χ0n) is 12.9. The minimum Gasteiger partial charge on any atom is -0.356 e. The smallest absolute Gasteiger partial charge is 0.191 e. The second-order valence-corrected chi connectivity index (χ2v) is 6.20. The van der Waals surface area contributed by atoms with Crippen LogP contribution in [0.25, 0.3) is 0 Å². The molecule has 4 heteroatoms. The van der Waals surface area contributed by atoms with Crippen molar-refractivity contribution < 1.29 is 0 Å². The van der Waals surface area contributed by atoms with Crippen molar-refractivity contribution in [3.63, 3.8) is 0 Å². The van der Waals surface area contributed by atoms with Crippen molar-refractivity contribution in [2.24, 2.45) is 10.9 Å². The van der Waals surface area contributed by atoms with Crippen LogP contribution in [0.2, 0.25) is 0 Å². The van der Waals surface area contributed by atoms with Gasteiger partial charge in [0.25, 0.3) is 0 Å². The summed E-state index contributed by atoms with van der Waals surface area (Å²) in [5.41, 5.74) is 1.39. The van der Waals surface area contributed by atoms with Crippen LogP contribution in [0.1, 0.15) is 24.8 Å². The molecular formula is C17H26N4. The highest BCUT2D eigenvalue weighted by atomic mass is 15.2. The van der Waals surface area contributed by atoms with E-state index in [0.717, 1.165) is 44.5 Å². The molecular weight excluding hydrogens is 260 g/mol. The summed E-state index contributed by atoms with van der Waals surface area (Å²) in [4.78, 5) is 6.99. The van der Waals surface area contributed by atoms with Crippen LogP contribution in [0.5, 0.6) is 0 Å². The van der Waals surface area contributed by atoms with Crippen molar-refractivity contribution in [3.05, 3.63) is 35.9 Å². The third-order valence-electron chi connectivity index (χ3n) is 4.38. The molecule has 2 aliphatic rings. The summed E-state index contributed by atoms with van der Waals surface area (Å²) in [6.07, 6.45) is 3.88. The first kappa shape index (κ1) is 14.4. The normalized spacial score (nSPS) is 19.8. The molecule has 1 fully saturated rings. The van der Waals surface area contributed by atoms with E-state index in [-0.39, 0.29) is 0 Å². The fourth-order valence-corrected chi connectivity index (χ4v) is 3.00. The van der Waals surface area contributed by atoms with Crippen molar-refractivity contribution in [1.82, 2.24) is 15.5 Å². The van der Waals surface area contributed by atoms with E-state index in [0.29, 0.717) is 6.04 Å². The predicted octanol–water partition coefficient (Wildman–Crippen LogP) is 1.84. The van der Waals surface area contributed by atoms with E-state index in [1.807, 2.05) is 0 Å². The molecule has 0 aromatic heterocycles. The number of nitrogens with zero attached hydrogens (tertiary/aromatic N) is 2. The maximum absolute atomic E-state index is 4.50. The van der Waals surface area contributed by atoms with Gasteiger partial charge in [-0.05, 0) is 37.8 Å². The molecule has 0 saturated heterocycles. The third-order valence-corrected chi connectivity index (χ3v) is 4.38. The zero-order chi connectivity index (χ0) is 14.5. The Hall–Kier alpha value is -1.55. The maximum atomic E-state index is 4.50. The predicted molar refractivity (Wildman–Crippen MR) is 87.3 cm³/mol. The number of hydrogen-bond acceptors (Lipinski definition) is 4. The molecule has 1 aliphatic carbocycles. The molecule has 0 radical (unpaired) electrons. The van der Waals surface area contributed by atoms with Gasteiger partial charge in [0.1, 0.15) is 0 Å². The second-order valence-electron chi connectivity index (χ2n) is 6.20. The molecule has 0 amide bonds. The molecule has 0 spiro atoms. The lowest BCUT2D eigenvalue weighted by atomic mass is 10.1. The van der Waals surface area contributed by atoms with Gasteiger partial charge < -0.3 is 10.6 Å². The van der Waals surface area contributed by atoms with E-state index in [2.05, 4.69) is 57.9 Å². The summed E-state index contributed by atoms with van der Waals surface area (Å²) >= 11 is 0. The lowest BCUT2D eigenvalue weighted by Gasteiger charge is -2.29. The van der Waals surface area contributed by atoms with Crippen molar-refractivity contribution in [1.29, 1.82) is 0 Å². The molecule has 1 aromatic carbocycles. The van der Waals surface area contributed by atoms with Gasteiger partial charge in [0.05, 0.1) is 0 Å². The topological polar surface area (TPSA) is 39.7 Å². The molecule has 1 saturated carbocycles. The fourth-order valence-electron chi connectivity index (χ4n) is 3.00. The number of nitrogens with one attached hydrogen (secondary N) is 2. The second kappa shape index (κ2) is 6.94. The molecule has 4 nitrogen and oxygen atoms in total. The fraction of sp³-hybridized carbons (Fsp3) is 0.588. The number of likely N-dealkylation sites (N-methyl/N-ethyl adjacent to an activating group) is 1. The highest BCUT2D eigenvalue weighted by Crippen LogP contribution is 2.35. The minimum atomic E-state index is 0.594. The van der Waals surface area contributed by atoms with E-state index in [1.54, 1.807) is 0 Å². The molecule has 21 heavy (non-hydrogen) atoms. The highest BCUT2D eigenvalue weighted by molar-refractivity contribution is 5.80. The number of aliphatic imine (C=N–C) groups is 1. The molecule has 1 atom stereocenters. The molecule has 1 heterocycles. The van der Waals surface area contributed by atoms with Crippen molar-refractivity contribution >= 4 is 5.96 Å². The van der Waals surface area contributed by atoms with Gasteiger partial charge in [0, 0.05) is 32.2 Å². The largest absolute Gasteiger partial charge is 0.356 e. The summed E-state index contributed by atoms with van der Waals surface area (Å²) in [6.45, 7) is 3.99. The van der Waals surface area contributed by atoms with Crippen LogP contribution in [0.15, 0.2) is 35.3 Å². The number of rotatable bonds is 6. The van der Waals surface area contributed by atoms with E-state index in [1.165, 1.54) is 18.4 Å². The zero-order valence-corrected chi connectivity index (χ0v) is 12.9. The summed E-state index contributed by atoms with van der Waals surface area (Å²) in [6, 6.07) is 11.3. The first-order valence-electron chi connectivity index (χ1n) is 8.09. The van der Waals surface area contributed by atoms with E-state index < -0.39 is 0 Å². The highest BCUT2D eigenvalue weighted by Gasteiger charge is 2.33. The Morgan fingerprint density at radius 1 is 1.33 bits per heavy atom. The molecule has 1 unspecified atom stereocenters. The van der Waals surface area contributed by atoms with E-state index in [9.17, 15) is 0 Å². The number of hydrogen-bond donors (Lipinski definition) is 2.